The Labute approximate surface area is 203 Å². The van der Waals surface area contributed by atoms with Crippen molar-refractivity contribution in [3.8, 4) is 17.1 Å². The highest BCUT2D eigenvalue weighted by atomic mass is 35.5. The minimum atomic E-state index is -0.00888. The minimum Gasteiger partial charge on any atom is -0.490 e. The molecule has 1 atom stereocenters. The number of rotatable bonds is 7. The molecule has 2 aliphatic heterocycles. The van der Waals surface area contributed by atoms with E-state index < -0.39 is 0 Å². The van der Waals surface area contributed by atoms with Crippen LogP contribution >= 0.6 is 11.6 Å². The van der Waals surface area contributed by atoms with Crippen molar-refractivity contribution in [2.75, 3.05) is 39.4 Å². The largest absolute Gasteiger partial charge is 0.490 e. The zero-order valence-corrected chi connectivity index (χ0v) is 19.6. The summed E-state index contributed by atoms with van der Waals surface area (Å²) in [6.45, 7) is 4.50. The average Bonchev–Trinajstić information content (AvgIpc) is 3.56. The summed E-state index contributed by atoms with van der Waals surface area (Å²) in [6, 6.07) is 14.8. The molecule has 2 saturated heterocycles. The molecule has 2 aromatic carbocycles. The highest BCUT2D eigenvalue weighted by Gasteiger charge is 2.26. The van der Waals surface area contributed by atoms with Gasteiger partial charge in [0.05, 0.1) is 18.2 Å². The van der Waals surface area contributed by atoms with Gasteiger partial charge in [-0.25, -0.2) is 0 Å². The molecule has 9 heteroatoms. The van der Waals surface area contributed by atoms with E-state index in [0.717, 1.165) is 38.1 Å². The number of hydrogen-bond donors (Lipinski definition) is 0. The first kappa shape index (κ1) is 22.8. The van der Waals surface area contributed by atoms with Crippen LogP contribution in [0.2, 0.25) is 5.02 Å². The molecule has 0 saturated carbocycles. The topological polar surface area (TPSA) is 80.9 Å². The maximum absolute atomic E-state index is 13.2. The summed E-state index contributed by atoms with van der Waals surface area (Å²) in [5, 5.41) is 4.74. The second-order valence-corrected chi connectivity index (χ2v) is 8.97. The number of carbonyl (C=O) groups is 1. The summed E-state index contributed by atoms with van der Waals surface area (Å²) >= 11 is 5.95. The molecule has 0 N–H and O–H groups in total. The highest BCUT2D eigenvalue weighted by molar-refractivity contribution is 6.30. The molecule has 3 heterocycles. The summed E-state index contributed by atoms with van der Waals surface area (Å²) < 4.78 is 17.0. The van der Waals surface area contributed by atoms with Gasteiger partial charge in [-0.05, 0) is 49.2 Å². The van der Waals surface area contributed by atoms with E-state index in [1.54, 1.807) is 12.1 Å². The number of carbonyl (C=O) groups excluding carboxylic acids is 1. The second-order valence-electron chi connectivity index (χ2n) is 8.53. The first-order chi connectivity index (χ1) is 16.7. The Morgan fingerprint density at radius 3 is 2.65 bits per heavy atom. The third-order valence-corrected chi connectivity index (χ3v) is 6.41. The number of amides is 1. The minimum absolute atomic E-state index is 0.00888. The van der Waals surface area contributed by atoms with Crippen molar-refractivity contribution in [1.29, 1.82) is 0 Å². The molecule has 0 spiro atoms. The smallest absolute Gasteiger partial charge is 0.257 e. The van der Waals surface area contributed by atoms with Crippen LogP contribution in [-0.2, 0) is 11.3 Å². The third kappa shape index (κ3) is 5.41. The van der Waals surface area contributed by atoms with Crippen molar-refractivity contribution in [2.24, 2.45) is 0 Å². The molecule has 178 valence electrons. The molecule has 0 bridgehead atoms. The molecule has 2 aliphatic rings. The zero-order chi connectivity index (χ0) is 23.3. The molecule has 2 fully saturated rings. The highest BCUT2D eigenvalue weighted by Crippen LogP contribution is 2.23. The van der Waals surface area contributed by atoms with Crippen molar-refractivity contribution >= 4 is 17.5 Å². The molecular formula is C25H27ClN4O4. The van der Waals surface area contributed by atoms with Crippen LogP contribution in [0.1, 0.15) is 29.1 Å². The normalized spacial score (nSPS) is 18.9. The Morgan fingerprint density at radius 1 is 1.09 bits per heavy atom. The molecule has 8 nitrogen and oxygen atoms in total. The number of hydrogen-bond acceptors (Lipinski definition) is 7. The molecular weight excluding hydrogens is 456 g/mol. The van der Waals surface area contributed by atoms with Gasteiger partial charge in [0.2, 0.25) is 11.7 Å². The van der Waals surface area contributed by atoms with Crippen LogP contribution in [0.25, 0.3) is 11.4 Å². The number of aromatic nitrogens is 2. The van der Waals surface area contributed by atoms with Crippen LogP contribution in [0, 0.1) is 0 Å². The summed E-state index contributed by atoms with van der Waals surface area (Å²) in [7, 11) is 0. The molecule has 0 aliphatic carbocycles. The standard InChI is InChI=1S/C25H27ClN4O4/c26-19-9-7-18(8-10-19)24-27-23(34-28-24)16-29-11-13-30(14-12-29)25(31)21-5-1-2-6-22(21)33-17-20-4-3-15-32-20/h1-2,5-10,20H,3-4,11-17H2. The first-order valence-corrected chi connectivity index (χ1v) is 12.0. The third-order valence-electron chi connectivity index (χ3n) is 6.16. The number of piperazine rings is 1. The van der Waals surface area contributed by atoms with Crippen molar-refractivity contribution in [3.05, 3.63) is 65.0 Å². The van der Waals surface area contributed by atoms with Crippen LogP contribution < -0.4 is 4.74 Å². The number of ether oxygens (including phenoxy) is 2. The summed E-state index contributed by atoms with van der Waals surface area (Å²) in [6.07, 6.45) is 2.17. The summed E-state index contributed by atoms with van der Waals surface area (Å²) in [5.41, 5.74) is 1.45. The molecule has 1 amide bonds. The molecule has 3 aromatic rings. The van der Waals surface area contributed by atoms with Gasteiger partial charge in [0.15, 0.2) is 0 Å². The Hall–Kier alpha value is -2.94. The van der Waals surface area contributed by atoms with Gasteiger partial charge in [0.25, 0.3) is 5.91 Å². The molecule has 1 unspecified atom stereocenters. The lowest BCUT2D eigenvalue weighted by Gasteiger charge is -2.34. The van der Waals surface area contributed by atoms with E-state index >= 15 is 0 Å². The summed E-state index contributed by atoms with van der Waals surface area (Å²) in [5.74, 6) is 1.70. The van der Waals surface area contributed by atoms with Gasteiger partial charge in [-0.15, -0.1) is 0 Å². The van der Waals surface area contributed by atoms with E-state index in [9.17, 15) is 4.79 Å². The van der Waals surface area contributed by atoms with Crippen molar-refractivity contribution in [3.63, 3.8) is 0 Å². The Balaban J connectivity index is 1.15. The van der Waals surface area contributed by atoms with Gasteiger partial charge >= 0.3 is 0 Å². The monoisotopic (exact) mass is 482 g/mol. The molecule has 5 rings (SSSR count). The van der Waals surface area contributed by atoms with Crippen LogP contribution in [0.4, 0.5) is 0 Å². The number of halogens is 1. The lowest BCUT2D eigenvalue weighted by molar-refractivity contribution is 0.0583. The predicted molar refractivity (Wildman–Crippen MR) is 127 cm³/mol. The number of para-hydroxylation sites is 1. The van der Waals surface area contributed by atoms with E-state index in [0.29, 0.717) is 54.3 Å². The fourth-order valence-electron chi connectivity index (χ4n) is 4.23. The fourth-order valence-corrected chi connectivity index (χ4v) is 4.36. The Morgan fingerprint density at radius 2 is 1.88 bits per heavy atom. The molecule has 34 heavy (non-hydrogen) atoms. The average molecular weight is 483 g/mol. The predicted octanol–water partition coefficient (Wildman–Crippen LogP) is 3.91. The van der Waals surface area contributed by atoms with Gasteiger partial charge in [0, 0.05) is 43.4 Å². The number of nitrogens with zero attached hydrogens (tertiary/aromatic N) is 4. The Bertz CT molecular complexity index is 1110. The van der Waals surface area contributed by atoms with Gasteiger partial charge in [0.1, 0.15) is 12.4 Å². The molecule has 0 radical (unpaired) electrons. The van der Waals surface area contributed by atoms with Crippen LogP contribution in [0.5, 0.6) is 5.75 Å². The van der Waals surface area contributed by atoms with Crippen LogP contribution in [0.15, 0.2) is 53.1 Å². The SMILES string of the molecule is O=C(c1ccccc1OCC1CCCO1)N1CCN(Cc2nc(-c3ccc(Cl)cc3)no2)CC1. The fraction of sp³-hybridized carbons (Fsp3) is 0.400. The Kier molecular flexibility index (Phi) is 7.08. The quantitative estimate of drug-likeness (QED) is 0.505. The maximum Gasteiger partial charge on any atom is 0.257 e. The maximum atomic E-state index is 13.2. The van der Waals surface area contributed by atoms with Gasteiger partial charge in [-0.3, -0.25) is 9.69 Å². The van der Waals surface area contributed by atoms with E-state index in [1.807, 2.05) is 41.3 Å². The van der Waals surface area contributed by atoms with E-state index in [1.165, 1.54) is 0 Å². The lowest BCUT2D eigenvalue weighted by Crippen LogP contribution is -2.48. The van der Waals surface area contributed by atoms with Crippen molar-refractivity contribution < 1.29 is 18.8 Å². The van der Waals surface area contributed by atoms with Crippen LogP contribution in [0.3, 0.4) is 0 Å². The summed E-state index contributed by atoms with van der Waals surface area (Å²) in [4.78, 5) is 21.8. The zero-order valence-electron chi connectivity index (χ0n) is 18.9. The first-order valence-electron chi connectivity index (χ1n) is 11.6. The van der Waals surface area contributed by atoms with Crippen molar-refractivity contribution in [2.45, 2.75) is 25.5 Å². The van der Waals surface area contributed by atoms with Crippen LogP contribution in [-0.4, -0.2) is 71.3 Å². The van der Waals surface area contributed by atoms with Gasteiger partial charge < -0.3 is 18.9 Å². The van der Waals surface area contributed by atoms with E-state index in [4.69, 9.17) is 25.6 Å². The second kappa shape index (κ2) is 10.5. The molecule has 1 aromatic heterocycles. The van der Waals surface area contributed by atoms with E-state index in [-0.39, 0.29) is 12.0 Å². The lowest BCUT2D eigenvalue weighted by atomic mass is 10.1. The van der Waals surface area contributed by atoms with E-state index in [2.05, 4.69) is 15.0 Å². The number of benzene rings is 2. The van der Waals surface area contributed by atoms with Gasteiger partial charge in [-0.2, -0.15) is 4.98 Å². The van der Waals surface area contributed by atoms with Crippen molar-refractivity contribution in [1.82, 2.24) is 19.9 Å². The van der Waals surface area contributed by atoms with Gasteiger partial charge in [-0.1, -0.05) is 28.9 Å².